The lowest BCUT2D eigenvalue weighted by Crippen LogP contribution is -2.38. The van der Waals surface area contributed by atoms with E-state index in [2.05, 4.69) is 5.32 Å². The van der Waals surface area contributed by atoms with Gasteiger partial charge in [0.05, 0.1) is 18.9 Å². The number of amides is 1. The van der Waals surface area contributed by atoms with Gasteiger partial charge in [0, 0.05) is 11.9 Å². The molecule has 1 N–H and O–H groups in total. The molecule has 1 amide bonds. The molecule has 1 atom stereocenters. The van der Waals surface area contributed by atoms with E-state index in [-0.39, 0.29) is 0 Å². The highest BCUT2D eigenvalue weighted by molar-refractivity contribution is 7.88. The Morgan fingerprint density at radius 3 is 2.45 bits per heavy atom. The van der Waals surface area contributed by atoms with Crippen LogP contribution in [0.25, 0.3) is 0 Å². The fourth-order valence-corrected chi connectivity index (χ4v) is 5.39. The predicted octanol–water partition coefficient (Wildman–Crippen LogP) is 2.98. The summed E-state index contributed by atoms with van der Waals surface area (Å²) in [6.07, 6.45) is 4.68. The van der Waals surface area contributed by atoms with Crippen LogP contribution in [0.5, 0.6) is 0 Å². The minimum Gasteiger partial charge on any atom is -0.465 e. The van der Waals surface area contributed by atoms with E-state index in [1.54, 1.807) is 30.3 Å². The monoisotopic (exact) mass is 436 g/mol. The van der Waals surface area contributed by atoms with Crippen molar-refractivity contribution in [2.45, 2.75) is 31.7 Å². The number of carbonyl (C=O) groups excluding carboxylic acids is 2. The second kappa shape index (κ2) is 8.64. The summed E-state index contributed by atoms with van der Waals surface area (Å²) in [5.74, 6) is -1.01. The lowest BCUT2D eigenvalue weighted by molar-refractivity contribution is -0.119. The standard InChI is InChI=1S/C20H24N2O5S2/c1-22(29(3,25)26)17(13-9-5-4-6-10-13)18(23)21-19-16(20(24)27-2)14-11-7-8-12-15(14)28-19/h4-6,9-10,17H,7-8,11-12H2,1-3H3,(H,21,23). The topological polar surface area (TPSA) is 92.8 Å². The highest BCUT2D eigenvalue weighted by Crippen LogP contribution is 2.39. The number of sulfonamides is 1. The third-order valence-corrected chi connectivity index (χ3v) is 7.51. The summed E-state index contributed by atoms with van der Waals surface area (Å²) < 4.78 is 30.3. The zero-order valence-electron chi connectivity index (χ0n) is 16.6. The number of methoxy groups -OCH3 is 1. The highest BCUT2D eigenvalue weighted by atomic mass is 32.2. The van der Waals surface area contributed by atoms with Gasteiger partial charge in [0.2, 0.25) is 15.9 Å². The Labute approximate surface area is 174 Å². The summed E-state index contributed by atoms with van der Waals surface area (Å²) in [5, 5.41) is 3.22. The van der Waals surface area contributed by atoms with Gasteiger partial charge in [-0.3, -0.25) is 4.79 Å². The average molecular weight is 437 g/mol. The number of nitrogens with one attached hydrogen (secondary N) is 1. The minimum atomic E-state index is -3.64. The SMILES string of the molecule is COC(=O)c1c(NC(=O)C(c2ccccc2)N(C)S(C)(=O)=O)sc2c1CCCC2. The number of likely N-dealkylation sites (N-methyl/N-ethyl adjacent to an activating group) is 1. The van der Waals surface area contributed by atoms with Crippen molar-refractivity contribution in [3.05, 3.63) is 51.9 Å². The van der Waals surface area contributed by atoms with Crippen molar-refractivity contribution in [3.8, 4) is 0 Å². The second-order valence-corrected chi connectivity index (χ2v) is 10.1. The molecular weight excluding hydrogens is 412 g/mol. The summed E-state index contributed by atoms with van der Waals surface area (Å²) >= 11 is 1.37. The second-order valence-electron chi connectivity index (χ2n) is 6.99. The van der Waals surface area contributed by atoms with Crippen LogP contribution in [-0.2, 0) is 32.4 Å². The number of esters is 1. The number of hydrogen-bond donors (Lipinski definition) is 1. The largest absolute Gasteiger partial charge is 0.465 e. The first-order valence-corrected chi connectivity index (χ1v) is 11.9. The lowest BCUT2D eigenvalue weighted by atomic mass is 9.95. The lowest BCUT2D eigenvalue weighted by Gasteiger charge is -2.25. The Morgan fingerprint density at radius 1 is 1.17 bits per heavy atom. The molecule has 1 aliphatic carbocycles. The number of thiophene rings is 1. The third kappa shape index (κ3) is 4.52. The van der Waals surface area contributed by atoms with Crippen molar-refractivity contribution < 1.29 is 22.7 Å². The maximum absolute atomic E-state index is 13.2. The van der Waals surface area contributed by atoms with E-state index in [0.29, 0.717) is 16.1 Å². The van der Waals surface area contributed by atoms with Crippen molar-refractivity contribution in [1.29, 1.82) is 0 Å². The van der Waals surface area contributed by atoms with E-state index in [4.69, 9.17) is 4.74 Å². The van der Waals surface area contributed by atoms with Gasteiger partial charge in [-0.15, -0.1) is 11.3 Å². The molecule has 1 aromatic heterocycles. The Morgan fingerprint density at radius 2 is 1.83 bits per heavy atom. The number of ether oxygens (including phenoxy) is 1. The van der Waals surface area contributed by atoms with Gasteiger partial charge in [-0.1, -0.05) is 30.3 Å². The molecule has 0 saturated heterocycles. The number of nitrogens with zero attached hydrogens (tertiary/aromatic N) is 1. The maximum Gasteiger partial charge on any atom is 0.341 e. The highest BCUT2D eigenvalue weighted by Gasteiger charge is 2.33. The quantitative estimate of drug-likeness (QED) is 0.703. The predicted molar refractivity (Wildman–Crippen MR) is 113 cm³/mol. The molecule has 2 aromatic rings. The third-order valence-electron chi connectivity index (χ3n) is 5.05. The molecule has 9 heteroatoms. The first-order valence-electron chi connectivity index (χ1n) is 9.25. The molecular formula is C20H24N2O5S2. The van der Waals surface area contributed by atoms with Gasteiger partial charge in [0.1, 0.15) is 11.0 Å². The number of anilines is 1. The summed E-state index contributed by atoms with van der Waals surface area (Å²) in [7, 11) is -0.958. The molecule has 1 unspecified atom stereocenters. The number of benzene rings is 1. The number of carbonyl (C=O) groups is 2. The van der Waals surface area contributed by atoms with Crippen LogP contribution in [0.3, 0.4) is 0 Å². The molecule has 0 radical (unpaired) electrons. The minimum absolute atomic E-state index is 0.384. The Kier molecular flexibility index (Phi) is 6.40. The van der Waals surface area contributed by atoms with Crippen LogP contribution in [0, 0.1) is 0 Å². The Hall–Kier alpha value is -2.23. The van der Waals surface area contributed by atoms with Crippen LogP contribution in [0.4, 0.5) is 5.00 Å². The summed E-state index contributed by atoms with van der Waals surface area (Å²) in [4.78, 5) is 26.7. The zero-order chi connectivity index (χ0) is 21.2. The Bertz CT molecular complexity index is 1010. The number of hydrogen-bond acceptors (Lipinski definition) is 6. The van der Waals surface area contributed by atoms with Gasteiger partial charge < -0.3 is 10.1 Å². The molecule has 0 saturated carbocycles. The van der Waals surface area contributed by atoms with Crippen LogP contribution < -0.4 is 5.32 Å². The molecule has 0 fully saturated rings. The first-order chi connectivity index (χ1) is 13.7. The van der Waals surface area contributed by atoms with Crippen molar-refractivity contribution >= 4 is 38.2 Å². The van der Waals surface area contributed by atoms with E-state index in [1.807, 2.05) is 0 Å². The first kappa shape index (κ1) is 21.5. The van der Waals surface area contributed by atoms with Crippen molar-refractivity contribution in [2.75, 3.05) is 25.7 Å². The van der Waals surface area contributed by atoms with E-state index in [9.17, 15) is 18.0 Å². The van der Waals surface area contributed by atoms with Crippen LogP contribution in [-0.4, -0.2) is 45.0 Å². The van der Waals surface area contributed by atoms with E-state index < -0.39 is 27.9 Å². The molecule has 1 aliphatic rings. The molecule has 1 aromatic carbocycles. The van der Waals surface area contributed by atoms with Crippen LogP contribution >= 0.6 is 11.3 Å². The molecule has 7 nitrogen and oxygen atoms in total. The fourth-order valence-electron chi connectivity index (χ4n) is 3.51. The zero-order valence-corrected chi connectivity index (χ0v) is 18.2. The Balaban J connectivity index is 2.00. The summed E-state index contributed by atoms with van der Waals surface area (Å²) in [6, 6.07) is 7.63. The molecule has 156 valence electrons. The van der Waals surface area contributed by atoms with Gasteiger partial charge in [-0.25, -0.2) is 13.2 Å². The van der Waals surface area contributed by atoms with Crippen LogP contribution in [0.2, 0.25) is 0 Å². The van der Waals surface area contributed by atoms with Crippen molar-refractivity contribution in [2.24, 2.45) is 0 Å². The van der Waals surface area contributed by atoms with Crippen LogP contribution in [0.15, 0.2) is 30.3 Å². The van der Waals surface area contributed by atoms with Gasteiger partial charge in [-0.05, 0) is 36.8 Å². The number of aryl methyl sites for hydroxylation is 1. The molecule has 3 rings (SSSR count). The van der Waals surface area contributed by atoms with Gasteiger partial charge in [0.25, 0.3) is 0 Å². The molecule has 1 heterocycles. The van der Waals surface area contributed by atoms with Crippen LogP contribution in [0.1, 0.15) is 45.2 Å². The van der Waals surface area contributed by atoms with E-state index >= 15 is 0 Å². The summed E-state index contributed by atoms with van der Waals surface area (Å²) in [5.41, 5.74) is 1.85. The number of rotatable bonds is 6. The summed E-state index contributed by atoms with van der Waals surface area (Å²) in [6.45, 7) is 0. The van der Waals surface area contributed by atoms with Gasteiger partial charge in [-0.2, -0.15) is 4.31 Å². The van der Waals surface area contributed by atoms with Crippen molar-refractivity contribution in [1.82, 2.24) is 4.31 Å². The molecule has 29 heavy (non-hydrogen) atoms. The normalized spacial score (nSPS) is 14.9. The molecule has 0 aliphatic heterocycles. The van der Waals surface area contributed by atoms with Crippen molar-refractivity contribution in [3.63, 3.8) is 0 Å². The molecule has 0 spiro atoms. The number of fused-ring (bicyclic) bond motifs is 1. The van der Waals surface area contributed by atoms with E-state index in [1.165, 1.54) is 25.5 Å². The average Bonchev–Trinajstić information content (AvgIpc) is 3.05. The molecule has 0 bridgehead atoms. The fraction of sp³-hybridized carbons (Fsp3) is 0.400. The van der Waals surface area contributed by atoms with E-state index in [0.717, 1.165) is 46.7 Å². The maximum atomic E-state index is 13.2. The van der Waals surface area contributed by atoms with Gasteiger partial charge >= 0.3 is 5.97 Å². The van der Waals surface area contributed by atoms with Gasteiger partial charge in [0.15, 0.2) is 0 Å². The smallest absolute Gasteiger partial charge is 0.341 e.